The lowest BCUT2D eigenvalue weighted by Crippen LogP contribution is -2.39. The molecule has 0 aliphatic rings. The van der Waals surface area contributed by atoms with Crippen LogP contribution in [0.1, 0.15) is 18.2 Å². The molecule has 0 saturated heterocycles. The van der Waals surface area contributed by atoms with Crippen LogP contribution in [-0.2, 0) is 13.1 Å². The molecule has 140 valence electrons. The average Bonchev–Trinajstić information content (AvgIpc) is 3.17. The van der Waals surface area contributed by atoms with Gasteiger partial charge in [0.2, 0.25) is 0 Å². The number of rotatable bonds is 7. The number of methoxy groups -OCH3 is 1. The van der Waals surface area contributed by atoms with Crippen molar-refractivity contribution in [2.75, 3.05) is 13.7 Å². The van der Waals surface area contributed by atoms with Crippen LogP contribution in [0.15, 0.2) is 65.2 Å². The van der Waals surface area contributed by atoms with Gasteiger partial charge in [0.1, 0.15) is 11.4 Å². The molecule has 1 heterocycles. The molecule has 0 bridgehead atoms. The van der Waals surface area contributed by atoms with E-state index in [0.29, 0.717) is 31.1 Å². The summed E-state index contributed by atoms with van der Waals surface area (Å²) in [6.45, 7) is 3.32. The van der Waals surface area contributed by atoms with Crippen LogP contribution in [0.3, 0.4) is 0 Å². The second kappa shape index (κ2) is 8.89. The van der Waals surface area contributed by atoms with Gasteiger partial charge in [-0.1, -0.05) is 47.6 Å². The van der Waals surface area contributed by atoms with Crippen LogP contribution >= 0.6 is 0 Å². The highest BCUT2D eigenvalue weighted by Crippen LogP contribution is 2.25. The molecular formula is C21H23N3O3. The standard InChI is InChI=1S/C21H23N3O3/c1-3-22-21(25)24(14-16-8-5-4-6-9-16)15-18-13-20(27-23-18)17-10-7-11-19(12-17)26-2/h4-13H,3,14-15H2,1-2H3,(H,22,25). The fourth-order valence-electron chi connectivity index (χ4n) is 2.76. The second-order valence-electron chi connectivity index (χ2n) is 6.09. The van der Waals surface area contributed by atoms with Gasteiger partial charge in [-0.2, -0.15) is 0 Å². The predicted molar refractivity (Wildman–Crippen MR) is 103 cm³/mol. The number of carbonyl (C=O) groups is 1. The van der Waals surface area contributed by atoms with Crippen LogP contribution in [0.5, 0.6) is 5.75 Å². The van der Waals surface area contributed by atoms with E-state index in [1.54, 1.807) is 12.0 Å². The average molecular weight is 365 g/mol. The lowest BCUT2D eigenvalue weighted by molar-refractivity contribution is 0.191. The summed E-state index contributed by atoms with van der Waals surface area (Å²) in [6, 6.07) is 19.2. The third kappa shape index (κ3) is 4.88. The third-order valence-electron chi connectivity index (χ3n) is 4.10. The summed E-state index contributed by atoms with van der Waals surface area (Å²) in [5.74, 6) is 1.39. The number of nitrogens with zero attached hydrogens (tertiary/aromatic N) is 2. The van der Waals surface area contributed by atoms with Crippen molar-refractivity contribution in [2.24, 2.45) is 0 Å². The number of urea groups is 1. The molecule has 0 aliphatic heterocycles. The summed E-state index contributed by atoms with van der Waals surface area (Å²) in [5, 5.41) is 6.99. The van der Waals surface area contributed by atoms with E-state index in [-0.39, 0.29) is 6.03 Å². The van der Waals surface area contributed by atoms with Crippen LogP contribution in [0, 0.1) is 0 Å². The van der Waals surface area contributed by atoms with Gasteiger partial charge in [0.05, 0.1) is 13.7 Å². The lowest BCUT2D eigenvalue weighted by atomic mass is 10.1. The van der Waals surface area contributed by atoms with Crippen LogP contribution < -0.4 is 10.1 Å². The van der Waals surface area contributed by atoms with Gasteiger partial charge in [-0.05, 0) is 24.6 Å². The van der Waals surface area contributed by atoms with Crippen LogP contribution in [-0.4, -0.2) is 29.7 Å². The first-order valence-corrected chi connectivity index (χ1v) is 8.86. The summed E-state index contributed by atoms with van der Waals surface area (Å²) in [4.78, 5) is 14.2. The first-order chi connectivity index (χ1) is 13.2. The Balaban J connectivity index is 1.77. The van der Waals surface area contributed by atoms with Crippen molar-refractivity contribution in [3.05, 3.63) is 71.9 Å². The SMILES string of the molecule is CCNC(=O)N(Cc1ccccc1)Cc1cc(-c2cccc(OC)c2)on1. The monoisotopic (exact) mass is 365 g/mol. The molecule has 0 radical (unpaired) electrons. The minimum atomic E-state index is -0.132. The minimum Gasteiger partial charge on any atom is -0.497 e. The highest BCUT2D eigenvalue weighted by atomic mass is 16.5. The molecule has 1 aromatic heterocycles. The Labute approximate surface area is 158 Å². The van der Waals surface area contributed by atoms with Crippen molar-refractivity contribution in [1.29, 1.82) is 0 Å². The van der Waals surface area contributed by atoms with Gasteiger partial charge in [0, 0.05) is 24.7 Å². The van der Waals surface area contributed by atoms with E-state index in [1.807, 2.05) is 67.6 Å². The number of benzene rings is 2. The maximum absolute atomic E-state index is 12.5. The number of aromatic nitrogens is 1. The molecule has 1 N–H and O–H groups in total. The van der Waals surface area contributed by atoms with Gasteiger partial charge < -0.3 is 19.5 Å². The van der Waals surface area contributed by atoms with Gasteiger partial charge in [0.15, 0.2) is 5.76 Å². The fraction of sp³-hybridized carbons (Fsp3) is 0.238. The van der Waals surface area contributed by atoms with E-state index in [0.717, 1.165) is 16.9 Å². The predicted octanol–water partition coefficient (Wildman–Crippen LogP) is 4.08. The maximum Gasteiger partial charge on any atom is 0.318 e. The molecule has 0 atom stereocenters. The Hall–Kier alpha value is -3.28. The molecule has 0 fully saturated rings. The first kappa shape index (κ1) is 18.5. The topological polar surface area (TPSA) is 67.6 Å². The summed E-state index contributed by atoms with van der Waals surface area (Å²) >= 11 is 0. The van der Waals surface area contributed by atoms with Gasteiger partial charge in [0.25, 0.3) is 0 Å². The number of amides is 2. The summed E-state index contributed by atoms with van der Waals surface area (Å²) < 4.78 is 10.7. The maximum atomic E-state index is 12.5. The summed E-state index contributed by atoms with van der Waals surface area (Å²) in [5.41, 5.74) is 2.62. The van der Waals surface area contributed by atoms with Crippen LogP contribution in [0.25, 0.3) is 11.3 Å². The number of hydrogen-bond donors (Lipinski definition) is 1. The van der Waals surface area contributed by atoms with E-state index in [9.17, 15) is 4.79 Å². The Morgan fingerprint density at radius 3 is 2.67 bits per heavy atom. The molecule has 0 aliphatic carbocycles. The van der Waals surface area contributed by atoms with E-state index in [1.165, 1.54) is 0 Å². The Bertz CT molecular complexity index is 877. The third-order valence-corrected chi connectivity index (χ3v) is 4.10. The van der Waals surface area contributed by atoms with Crippen molar-refractivity contribution >= 4 is 6.03 Å². The van der Waals surface area contributed by atoms with E-state index in [4.69, 9.17) is 9.26 Å². The van der Waals surface area contributed by atoms with Crippen LogP contribution in [0.4, 0.5) is 4.79 Å². The van der Waals surface area contributed by atoms with Crippen molar-refractivity contribution in [3.63, 3.8) is 0 Å². The Morgan fingerprint density at radius 2 is 1.93 bits per heavy atom. The first-order valence-electron chi connectivity index (χ1n) is 8.86. The zero-order valence-corrected chi connectivity index (χ0v) is 15.5. The van der Waals surface area contributed by atoms with Crippen molar-refractivity contribution in [2.45, 2.75) is 20.0 Å². The smallest absolute Gasteiger partial charge is 0.318 e. The van der Waals surface area contributed by atoms with Crippen molar-refractivity contribution in [3.8, 4) is 17.1 Å². The lowest BCUT2D eigenvalue weighted by Gasteiger charge is -2.21. The quantitative estimate of drug-likeness (QED) is 0.685. The molecular weight excluding hydrogens is 342 g/mol. The molecule has 27 heavy (non-hydrogen) atoms. The number of carbonyl (C=O) groups excluding carboxylic acids is 1. The second-order valence-corrected chi connectivity index (χ2v) is 6.09. The van der Waals surface area contributed by atoms with E-state index in [2.05, 4.69) is 10.5 Å². The van der Waals surface area contributed by atoms with Gasteiger partial charge in [-0.25, -0.2) is 4.79 Å². The molecule has 0 unspecified atom stereocenters. The normalized spacial score (nSPS) is 10.4. The van der Waals surface area contributed by atoms with Gasteiger partial charge in [-0.3, -0.25) is 0 Å². The molecule has 3 aromatic rings. The summed E-state index contributed by atoms with van der Waals surface area (Å²) in [7, 11) is 1.62. The summed E-state index contributed by atoms with van der Waals surface area (Å²) in [6.07, 6.45) is 0. The molecule has 3 rings (SSSR count). The van der Waals surface area contributed by atoms with Crippen LogP contribution in [0.2, 0.25) is 0 Å². The van der Waals surface area contributed by atoms with Crippen molar-refractivity contribution < 1.29 is 14.1 Å². The van der Waals surface area contributed by atoms with E-state index >= 15 is 0 Å². The molecule has 2 amide bonds. The fourth-order valence-corrected chi connectivity index (χ4v) is 2.76. The number of nitrogens with one attached hydrogen (secondary N) is 1. The molecule has 0 spiro atoms. The van der Waals surface area contributed by atoms with Gasteiger partial charge in [-0.15, -0.1) is 0 Å². The highest BCUT2D eigenvalue weighted by molar-refractivity contribution is 5.74. The minimum absolute atomic E-state index is 0.132. The van der Waals surface area contributed by atoms with Crippen molar-refractivity contribution in [1.82, 2.24) is 15.4 Å². The molecule has 2 aromatic carbocycles. The highest BCUT2D eigenvalue weighted by Gasteiger charge is 2.17. The molecule has 0 saturated carbocycles. The Kier molecular flexibility index (Phi) is 6.10. The zero-order chi connectivity index (χ0) is 19.1. The molecule has 6 nitrogen and oxygen atoms in total. The van der Waals surface area contributed by atoms with E-state index < -0.39 is 0 Å². The number of hydrogen-bond acceptors (Lipinski definition) is 4. The van der Waals surface area contributed by atoms with Gasteiger partial charge >= 0.3 is 6.03 Å². The largest absolute Gasteiger partial charge is 0.497 e. The number of ether oxygens (including phenoxy) is 1. The Morgan fingerprint density at radius 1 is 1.11 bits per heavy atom. The molecule has 6 heteroatoms. The zero-order valence-electron chi connectivity index (χ0n) is 15.5.